The van der Waals surface area contributed by atoms with Crippen LogP contribution in [0.4, 0.5) is 0 Å². The minimum absolute atomic E-state index is 0.424. The third kappa shape index (κ3) is 3.46. The molecule has 0 aromatic rings. The molecule has 1 aliphatic rings. The summed E-state index contributed by atoms with van der Waals surface area (Å²) in [5, 5.41) is 10.3. The summed E-state index contributed by atoms with van der Waals surface area (Å²) in [5.74, 6) is 0.763. The highest BCUT2D eigenvalue weighted by Crippen LogP contribution is 2.43. The lowest BCUT2D eigenvalue weighted by Crippen LogP contribution is -2.41. The van der Waals surface area contributed by atoms with Gasteiger partial charge in [0.05, 0.1) is 12.2 Å². The zero-order valence-corrected chi connectivity index (χ0v) is 11.4. The monoisotopic (exact) mass is 228 g/mol. The molecule has 1 rings (SSSR count). The molecule has 0 aliphatic heterocycles. The molecule has 0 amide bonds. The lowest BCUT2D eigenvalue weighted by atomic mass is 9.66. The maximum Gasteiger partial charge on any atom is 0.0880 e. The number of hydrogen-bond donors (Lipinski definition) is 1. The fourth-order valence-electron chi connectivity index (χ4n) is 2.66. The second-order valence-corrected chi connectivity index (χ2v) is 5.98. The summed E-state index contributed by atoms with van der Waals surface area (Å²) in [5.41, 5.74) is -0.122. The molecule has 0 heterocycles. The average molecular weight is 228 g/mol. The maximum absolute atomic E-state index is 10.3. The van der Waals surface area contributed by atoms with Crippen LogP contribution in [0.2, 0.25) is 0 Å². The molecule has 2 nitrogen and oxygen atoms in total. The van der Waals surface area contributed by atoms with Crippen molar-refractivity contribution < 1.29 is 9.84 Å². The zero-order valence-electron chi connectivity index (χ0n) is 11.4. The van der Waals surface area contributed by atoms with Crippen LogP contribution in [0.5, 0.6) is 0 Å². The molecule has 16 heavy (non-hydrogen) atoms. The number of aliphatic hydroxyl groups is 1. The summed E-state index contributed by atoms with van der Waals surface area (Å²) in [6.45, 7) is 10.2. The van der Waals surface area contributed by atoms with E-state index in [4.69, 9.17) is 4.74 Å². The van der Waals surface area contributed by atoms with Crippen LogP contribution in [0.3, 0.4) is 0 Å². The quantitative estimate of drug-likeness (QED) is 0.781. The molecule has 0 unspecified atom stereocenters. The van der Waals surface area contributed by atoms with E-state index in [1.165, 1.54) is 6.42 Å². The predicted molar refractivity (Wildman–Crippen MR) is 67.5 cm³/mol. The fourth-order valence-corrected chi connectivity index (χ4v) is 2.66. The molecular weight excluding hydrogens is 200 g/mol. The number of hydrogen-bond acceptors (Lipinski definition) is 2. The summed E-state index contributed by atoms with van der Waals surface area (Å²) >= 11 is 0. The van der Waals surface area contributed by atoms with Crippen LogP contribution in [-0.4, -0.2) is 23.9 Å². The molecule has 2 heteroatoms. The van der Waals surface area contributed by atoms with Crippen LogP contribution in [0, 0.1) is 11.3 Å². The van der Waals surface area contributed by atoms with Crippen molar-refractivity contribution in [2.45, 2.75) is 65.4 Å². The molecule has 0 radical (unpaired) electrons. The standard InChI is InChI=1S/C14H28O2/c1-5-13(3,4)12-7-9-14(15,10-8-12)11-16-6-2/h12,15H,5-11H2,1-4H3. The Balaban J connectivity index is 2.44. The highest BCUT2D eigenvalue weighted by molar-refractivity contribution is 4.90. The van der Waals surface area contributed by atoms with Gasteiger partial charge in [-0.1, -0.05) is 27.2 Å². The SMILES string of the molecule is CCOCC1(O)CCC(C(C)(C)CC)CC1. The molecule has 1 saturated carbocycles. The zero-order chi connectivity index (χ0) is 12.2. The first-order valence-corrected chi connectivity index (χ1v) is 6.73. The predicted octanol–water partition coefficient (Wildman–Crippen LogP) is 3.38. The Morgan fingerprint density at radius 1 is 1.25 bits per heavy atom. The Morgan fingerprint density at radius 3 is 2.25 bits per heavy atom. The molecule has 0 saturated heterocycles. The van der Waals surface area contributed by atoms with Crippen molar-refractivity contribution in [2.24, 2.45) is 11.3 Å². The molecule has 0 aromatic carbocycles. The summed E-state index contributed by atoms with van der Waals surface area (Å²) < 4.78 is 5.37. The van der Waals surface area contributed by atoms with E-state index < -0.39 is 5.60 Å². The third-order valence-electron chi connectivity index (χ3n) is 4.51. The lowest BCUT2D eigenvalue weighted by molar-refractivity contribution is -0.0829. The van der Waals surface area contributed by atoms with Crippen molar-refractivity contribution in [2.75, 3.05) is 13.2 Å². The minimum atomic E-state index is -0.545. The van der Waals surface area contributed by atoms with Crippen LogP contribution >= 0.6 is 0 Å². The average Bonchev–Trinajstić information content (AvgIpc) is 2.27. The van der Waals surface area contributed by atoms with Crippen LogP contribution in [0.25, 0.3) is 0 Å². The van der Waals surface area contributed by atoms with Gasteiger partial charge in [0.1, 0.15) is 0 Å². The topological polar surface area (TPSA) is 29.5 Å². The number of rotatable bonds is 5. The normalized spacial score (nSPS) is 31.7. The molecular formula is C14H28O2. The van der Waals surface area contributed by atoms with Crippen molar-refractivity contribution in [3.05, 3.63) is 0 Å². The lowest BCUT2D eigenvalue weighted by Gasteiger charge is -2.42. The van der Waals surface area contributed by atoms with Crippen molar-refractivity contribution in [1.29, 1.82) is 0 Å². The van der Waals surface area contributed by atoms with Crippen molar-refractivity contribution >= 4 is 0 Å². The molecule has 1 aliphatic carbocycles. The van der Waals surface area contributed by atoms with Gasteiger partial charge in [0.25, 0.3) is 0 Å². The number of ether oxygens (including phenoxy) is 1. The van der Waals surface area contributed by atoms with Crippen LogP contribution < -0.4 is 0 Å². The van der Waals surface area contributed by atoms with Crippen LogP contribution in [0.1, 0.15) is 59.8 Å². The van der Waals surface area contributed by atoms with Gasteiger partial charge >= 0.3 is 0 Å². The third-order valence-corrected chi connectivity index (χ3v) is 4.51. The smallest absolute Gasteiger partial charge is 0.0880 e. The van der Waals surface area contributed by atoms with E-state index in [-0.39, 0.29) is 0 Å². The van der Waals surface area contributed by atoms with Gasteiger partial charge in [-0.25, -0.2) is 0 Å². The summed E-state index contributed by atoms with van der Waals surface area (Å²) in [4.78, 5) is 0. The summed E-state index contributed by atoms with van der Waals surface area (Å²) in [7, 11) is 0. The van der Waals surface area contributed by atoms with Gasteiger partial charge < -0.3 is 9.84 Å². The van der Waals surface area contributed by atoms with Gasteiger partial charge in [-0.2, -0.15) is 0 Å². The second kappa shape index (κ2) is 5.50. The largest absolute Gasteiger partial charge is 0.387 e. The Labute approximate surface area is 100 Å². The van der Waals surface area contributed by atoms with Crippen molar-refractivity contribution in [3.63, 3.8) is 0 Å². The Bertz CT molecular complexity index is 203. The first-order valence-electron chi connectivity index (χ1n) is 6.73. The Hall–Kier alpha value is -0.0800. The fraction of sp³-hybridized carbons (Fsp3) is 1.00. The van der Waals surface area contributed by atoms with E-state index >= 15 is 0 Å². The molecule has 1 fully saturated rings. The molecule has 96 valence electrons. The molecule has 0 spiro atoms. The second-order valence-electron chi connectivity index (χ2n) is 5.98. The van der Waals surface area contributed by atoms with E-state index in [0.29, 0.717) is 18.6 Å². The molecule has 1 N–H and O–H groups in total. The van der Waals surface area contributed by atoms with E-state index in [0.717, 1.165) is 31.6 Å². The van der Waals surface area contributed by atoms with E-state index in [2.05, 4.69) is 20.8 Å². The van der Waals surface area contributed by atoms with Gasteiger partial charge in [-0.3, -0.25) is 0 Å². The molecule has 0 aromatic heterocycles. The van der Waals surface area contributed by atoms with Gasteiger partial charge in [-0.05, 0) is 43.9 Å². The Morgan fingerprint density at radius 2 is 1.81 bits per heavy atom. The van der Waals surface area contributed by atoms with Gasteiger partial charge in [0.2, 0.25) is 0 Å². The van der Waals surface area contributed by atoms with Gasteiger partial charge in [0.15, 0.2) is 0 Å². The van der Waals surface area contributed by atoms with E-state index in [9.17, 15) is 5.11 Å². The highest BCUT2D eigenvalue weighted by atomic mass is 16.5. The highest BCUT2D eigenvalue weighted by Gasteiger charge is 2.38. The molecule has 0 bridgehead atoms. The molecule has 0 atom stereocenters. The van der Waals surface area contributed by atoms with Crippen molar-refractivity contribution in [3.8, 4) is 0 Å². The van der Waals surface area contributed by atoms with Crippen LogP contribution in [-0.2, 0) is 4.74 Å². The van der Waals surface area contributed by atoms with E-state index in [1.54, 1.807) is 0 Å². The summed E-state index contributed by atoms with van der Waals surface area (Å²) in [6, 6.07) is 0. The van der Waals surface area contributed by atoms with E-state index in [1.807, 2.05) is 6.92 Å². The van der Waals surface area contributed by atoms with Gasteiger partial charge in [0, 0.05) is 6.61 Å². The van der Waals surface area contributed by atoms with Crippen molar-refractivity contribution in [1.82, 2.24) is 0 Å². The summed E-state index contributed by atoms with van der Waals surface area (Å²) in [6.07, 6.45) is 5.32. The first-order chi connectivity index (χ1) is 7.43. The van der Waals surface area contributed by atoms with Gasteiger partial charge in [-0.15, -0.1) is 0 Å². The van der Waals surface area contributed by atoms with Crippen LogP contribution in [0.15, 0.2) is 0 Å². The first kappa shape index (κ1) is 14.0. The minimum Gasteiger partial charge on any atom is -0.387 e. The Kier molecular flexibility index (Phi) is 4.81. The maximum atomic E-state index is 10.3.